The zero-order chi connectivity index (χ0) is 19.1. The Kier molecular flexibility index (Phi) is 4.43. The van der Waals surface area contributed by atoms with Crippen LogP contribution in [0.2, 0.25) is 0 Å². The molecule has 2 unspecified atom stereocenters. The van der Waals surface area contributed by atoms with Crippen LogP contribution in [0.3, 0.4) is 0 Å². The Labute approximate surface area is 159 Å². The lowest BCUT2D eigenvalue weighted by molar-refractivity contribution is -0.137. The maximum absolute atomic E-state index is 13.7. The number of fused-ring (bicyclic) bond motifs is 1. The van der Waals surface area contributed by atoms with Crippen molar-refractivity contribution >= 4 is 34.9 Å². The van der Waals surface area contributed by atoms with Gasteiger partial charge in [-0.15, -0.1) is 11.3 Å². The molecule has 140 valence electrons. The van der Waals surface area contributed by atoms with Gasteiger partial charge in [-0.1, -0.05) is 12.1 Å². The number of nitrogens with zero attached hydrogens (tertiary/aromatic N) is 3. The molecule has 3 heterocycles. The van der Waals surface area contributed by atoms with Crippen molar-refractivity contribution < 1.29 is 18.8 Å². The smallest absolute Gasteiger partial charge is 0.329 e. The molecule has 2 fully saturated rings. The van der Waals surface area contributed by atoms with Gasteiger partial charge in [-0.3, -0.25) is 9.59 Å². The molecule has 27 heavy (non-hydrogen) atoms. The molecule has 2 aliphatic heterocycles. The van der Waals surface area contributed by atoms with Crippen LogP contribution in [0.4, 0.5) is 14.9 Å². The molecule has 0 bridgehead atoms. The summed E-state index contributed by atoms with van der Waals surface area (Å²) in [7, 11) is 0. The van der Waals surface area contributed by atoms with Crippen LogP contribution < -0.4 is 4.90 Å². The maximum atomic E-state index is 13.7. The number of hydrogen-bond donors (Lipinski definition) is 0. The molecule has 6 nitrogen and oxygen atoms in total. The summed E-state index contributed by atoms with van der Waals surface area (Å²) >= 11 is 1.52. The number of imide groups is 1. The molecule has 1 aromatic carbocycles. The highest BCUT2D eigenvalue weighted by Gasteiger charge is 2.53. The first-order valence-electron chi connectivity index (χ1n) is 8.67. The zero-order valence-corrected chi connectivity index (χ0v) is 15.5. The first kappa shape index (κ1) is 17.7. The van der Waals surface area contributed by atoms with Gasteiger partial charge < -0.3 is 9.80 Å². The molecular weight excluding hydrogens is 369 g/mol. The molecule has 2 saturated heterocycles. The fourth-order valence-electron chi connectivity index (χ4n) is 3.86. The standard InChI is InChI=1S/C19H18FN3O3S/c1-12(24)21-8-7-16-17(21)18(25)23(14-5-2-4-13(20)10-14)19(26)22(16)11-15-6-3-9-27-15/h2-6,9-10,16-17H,7-8,11H2,1H3. The van der Waals surface area contributed by atoms with E-state index in [4.69, 9.17) is 0 Å². The number of likely N-dealkylation sites (tertiary alicyclic amines) is 1. The van der Waals surface area contributed by atoms with E-state index in [9.17, 15) is 18.8 Å². The monoisotopic (exact) mass is 387 g/mol. The molecule has 1 aromatic heterocycles. The number of thiophene rings is 1. The number of rotatable bonds is 3. The molecule has 4 rings (SSSR count). The Morgan fingerprint density at radius 2 is 2.07 bits per heavy atom. The van der Waals surface area contributed by atoms with Crippen LogP contribution in [-0.4, -0.2) is 46.3 Å². The molecule has 0 radical (unpaired) electrons. The molecular formula is C19H18FN3O3S. The summed E-state index contributed by atoms with van der Waals surface area (Å²) in [5.41, 5.74) is 0.176. The van der Waals surface area contributed by atoms with Gasteiger partial charge in [-0.05, 0) is 36.1 Å². The largest absolute Gasteiger partial charge is 0.332 e. The Morgan fingerprint density at radius 3 is 2.74 bits per heavy atom. The van der Waals surface area contributed by atoms with E-state index in [1.807, 2.05) is 17.5 Å². The van der Waals surface area contributed by atoms with E-state index in [0.717, 1.165) is 15.8 Å². The Hall–Kier alpha value is -2.74. The van der Waals surface area contributed by atoms with Gasteiger partial charge in [-0.25, -0.2) is 14.1 Å². The van der Waals surface area contributed by atoms with Gasteiger partial charge in [0.2, 0.25) is 5.91 Å². The lowest BCUT2D eigenvalue weighted by Gasteiger charge is -2.43. The molecule has 2 atom stereocenters. The van der Waals surface area contributed by atoms with Gasteiger partial charge in [0.05, 0.1) is 18.3 Å². The quantitative estimate of drug-likeness (QED) is 0.814. The summed E-state index contributed by atoms with van der Waals surface area (Å²) in [4.78, 5) is 43.5. The molecule has 0 spiro atoms. The van der Waals surface area contributed by atoms with E-state index >= 15 is 0 Å². The summed E-state index contributed by atoms with van der Waals surface area (Å²) < 4.78 is 13.7. The number of carbonyl (C=O) groups excluding carboxylic acids is 3. The number of carbonyl (C=O) groups is 3. The summed E-state index contributed by atoms with van der Waals surface area (Å²) in [5.74, 6) is -1.22. The Morgan fingerprint density at radius 1 is 1.26 bits per heavy atom. The van der Waals surface area contributed by atoms with Gasteiger partial charge in [-0.2, -0.15) is 0 Å². The summed E-state index contributed by atoms with van der Waals surface area (Å²) in [6, 6.07) is 7.62. The minimum Gasteiger partial charge on any atom is -0.329 e. The van der Waals surface area contributed by atoms with Crippen molar-refractivity contribution in [1.29, 1.82) is 0 Å². The molecule has 2 aliphatic rings. The lowest BCUT2D eigenvalue weighted by atomic mass is 10.0. The second-order valence-corrected chi connectivity index (χ2v) is 7.69. The Balaban J connectivity index is 1.76. The van der Waals surface area contributed by atoms with Crippen molar-refractivity contribution in [1.82, 2.24) is 9.80 Å². The van der Waals surface area contributed by atoms with Crippen LogP contribution in [0, 0.1) is 5.82 Å². The highest BCUT2D eigenvalue weighted by Crippen LogP contribution is 2.34. The second-order valence-electron chi connectivity index (χ2n) is 6.66. The van der Waals surface area contributed by atoms with Crippen molar-refractivity contribution in [2.45, 2.75) is 32.0 Å². The zero-order valence-electron chi connectivity index (χ0n) is 14.7. The van der Waals surface area contributed by atoms with E-state index in [1.165, 1.54) is 41.4 Å². The maximum Gasteiger partial charge on any atom is 0.332 e. The third-order valence-corrected chi connectivity index (χ3v) is 5.92. The van der Waals surface area contributed by atoms with Crippen molar-refractivity contribution in [3.8, 4) is 0 Å². The number of benzene rings is 1. The van der Waals surface area contributed by atoms with Crippen molar-refractivity contribution in [3.63, 3.8) is 0 Å². The predicted octanol–water partition coefficient (Wildman–Crippen LogP) is 2.85. The van der Waals surface area contributed by atoms with Crippen molar-refractivity contribution in [2.24, 2.45) is 0 Å². The average Bonchev–Trinajstić information content (AvgIpc) is 3.28. The van der Waals surface area contributed by atoms with Crippen LogP contribution in [0.25, 0.3) is 0 Å². The average molecular weight is 387 g/mol. The van der Waals surface area contributed by atoms with Crippen LogP contribution >= 0.6 is 11.3 Å². The van der Waals surface area contributed by atoms with Crippen LogP contribution in [0.5, 0.6) is 0 Å². The third-order valence-electron chi connectivity index (χ3n) is 5.05. The number of halogens is 1. The Bertz CT molecular complexity index is 901. The van der Waals surface area contributed by atoms with Gasteiger partial charge in [0, 0.05) is 18.3 Å². The van der Waals surface area contributed by atoms with Gasteiger partial charge in [0.15, 0.2) is 0 Å². The topological polar surface area (TPSA) is 60.9 Å². The molecule has 0 N–H and O–H groups in total. The molecule has 2 aromatic rings. The minimum absolute atomic E-state index is 0.176. The fourth-order valence-corrected chi connectivity index (χ4v) is 4.56. The summed E-state index contributed by atoms with van der Waals surface area (Å²) in [5, 5.41) is 1.92. The summed E-state index contributed by atoms with van der Waals surface area (Å²) in [6.07, 6.45) is 0.546. The SMILES string of the molecule is CC(=O)N1CCC2C1C(=O)N(c1cccc(F)c1)C(=O)N2Cc1cccs1. The third kappa shape index (κ3) is 2.99. The molecule has 8 heteroatoms. The van der Waals surface area contributed by atoms with Crippen LogP contribution in [-0.2, 0) is 16.1 Å². The van der Waals surface area contributed by atoms with E-state index in [0.29, 0.717) is 19.5 Å². The first-order chi connectivity index (χ1) is 13.0. The number of hydrogen-bond acceptors (Lipinski definition) is 4. The molecule has 4 amide bonds. The molecule has 0 saturated carbocycles. The predicted molar refractivity (Wildman–Crippen MR) is 98.7 cm³/mol. The summed E-state index contributed by atoms with van der Waals surface area (Å²) in [6.45, 7) is 2.19. The highest BCUT2D eigenvalue weighted by molar-refractivity contribution is 7.09. The van der Waals surface area contributed by atoms with Crippen molar-refractivity contribution in [2.75, 3.05) is 11.4 Å². The van der Waals surface area contributed by atoms with Crippen molar-refractivity contribution in [3.05, 3.63) is 52.5 Å². The van der Waals surface area contributed by atoms with Gasteiger partial charge in [0.1, 0.15) is 11.9 Å². The van der Waals surface area contributed by atoms with E-state index < -0.39 is 23.8 Å². The lowest BCUT2D eigenvalue weighted by Crippen LogP contribution is -2.65. The minimum atomic E-state index is -0.747. The van der Waals surface area contributed by atoms with Gasteiger partial charge in [0.25, 0.3) is 5.91 Å². The fraction of sp³-hybridized carbons (Fsp3) is 0.316. The highest BCUT2D eigenvalue weighted by atomic mass is 32.1. The number of urea groups is 1. The molecule has 0 aliphatic carbocycles. The van der Waals surface area contributed by atoms with E-state index in [-0.39, 0.29) is 17.6 Å². The second kappa shape index (κ2) is 6.77. The van der Waals surface area contributed by atoms with Gasteiger partial charge >= 0.3 is 6.03 Å². The normalized spacial score (nSPS) is 22.4. The number of amides is 4. The number of anilines is 1. The van der Waals surface area contributed by atoms with E-state index in [1.54, 1.807) is 4.90 Å². The van der Waals surface area contributed by atoms with E-state index in [2.05, 4.69) is 0 Å². The van der Waals surface area contributed by atoms with Crippen LogP contribution in [0.1, 0.15) is 18.2 Å². The first-order valence-corrected chi connectivity index (χ1v) is 9.55. The van der Waals surface area contributed by atoms with Crippen LogP contribution in [0.15, 0.2) is 41.8 Å².